The summed E-state index contributed by atoms with van der Waals surface area (Å²) in [6.45, 7) is 5.10. The molecule has 5 heteroatoms. The molecule has 25 heavy (non-hydrogen) atoms. The molecule has 2 atom stereocenters. The molecule has 3 aliphatic rings. The Kier molecular flexibility index (Phi) is 4.32. The van der Waals surface area contributed by atoms with Crippen molar-refractivity contribution in [3.63, 3.8) is 0 Å². The van der Waals surface area contributed by atoms with E-state index in [1.807, 2.05) is 29.2 Å². The number of nitrogens with zero attached hydrogens (tertiary/aromatic N) is 3. The highest BCUT2D eigenvalue weighted by atomic mass is 16.5. The van der Waals surface area contributed by atoms with E-state index in [1.54, 1.807) is 0 Å². The Labute approximate surface area is 148 Å². The smallest absolute Gasteiger partial charge is 0.231 e. The van der Waals surface area contributed by atoms with E-state index < -0.39 is 0 Å². The summed E-state index contributed by atoms with van der Waals surface area (Å²) in [4.78, 5) is 17.6. The molecule has 0 saturated carbocycles. The van der Waals surface area contributed by atoms with Gasteiger partial charge in [-0.25, -0.2) is 0 Å². The largest absolute Gasteiger partial charge is 0.381 e. The van der Waals surface area contributed by atoms with Crippen molar-refractivity contribution >= 4 is 5.91 Å². The average Bonchev–Trinajstić information content (AvgIpc) is 3.29. The lowest BCUT2D eigenvalue weighted by molar-refractivity contribution is -0.149. The fourth-order valence-corrected chi connectivity index (χ4v) is 4.49. The van der Waals surface area contributed by atoms with Gasteiger partial charge in [0.05, 0.1) is 23.7 Å². The average molecular weight is 337 g/mol. The summed E-state index contributed by atoms with van der Waals surface area (Å²) in [5.41, 5.74) is 1.43. The van der Waals surface area contributed by atoms with Crippen LogP contribution in [0.4, 0.5) is 0 Å². The maximum Gasteiger partial charge on any atom is 0.231 e. The number of likely N-dealkylation sites (tertiary alicyclic amines) is 1. The van der Waals surface area contributed by atoms with E-state index in [-0.39, 0.29) is 17.2 Å². The Hall–Kier alpha value is -2.16. The Morgan fingerprint density at radius 2 is 2.12 bits per heavy atom. The SMILES string of the molecule is N#Cc1ccccc1CN1CC2COCCC2(C(=O)N2CC=CC2)C1. The summed E-state index contributed by atoms with van der Waals surface area (Å²) < 4.78 is 5.70. The van der Waals surface area contributed by atoms with Crippen molar-refractivity contribution < 1.29 is 9.53 Å². The lowest BCUT2D eigenvalue weighted by atomic mass is 9.73. The summed E-state index contributed by atoms with van der Waals surface area (Å²) in [5.74, 6) is 0.519. The zero-order valence-electron chi connectivity index (χ0n) is 14.4. The summed E-state index contributed by atoms with van der Waals surface area (Å²) in [6, 6.07) is 10.0. The van der Waals surface area contributed by atoms with Crippen LogP contribution in [0.2, 0.25) is 0 Å². The molecule has 2 unspecified atom stereocenters. The first-order chi connectivity index (χ1) is 12.2. The van der Waals surface area contributed by atoms with Crippen LogP contribution in [0.5, 0.6) is 0 Å². The van der Waals surface area contributed by atoms with E-state index in [4.69, 9.17) is 4.74 Å². The van der Waals surface area contributed by atoms with Gasteiger partial charge in [-0.3, -0.25) is 9.69 Å². The van der Waals surface area contributed by atoms with Gasteiger partial charge in [-0.05, 0) is 18.1 Å². The molecule has 0 bridgehead atoms. The minimum atomic E-state index is -0.328. The number of nitriles is 1. The Bertz CT molecular complexity index is 731. The van der Waals surface area contributed by atoms with Crippen molar-refractivity contribution in [2.75, 3.05) is 39.4 Å². The number of benzene rings is 1. The first-order valence-electron chi connectivity index (χ1n) is 8.95. The standard InChI is InChI=1S/C20H23N3O2/c21-11-16-5-1-2-6-17(16)12-22-13-18-14-25-10-7-20(18,15-22)19(24)23-8-3-4-9-23/h1-6,18H,7-10,12-15H2. The highest BCUT2D eigenvalue weighted by Gasteiger charge is 2.54. The minimum absolute atomic E-state index is 0.239. The van der Waals surface area contributed by atoms with Gasteiger partial charge in [0.15, 0.2) is 0 Å². The van der Waals surface area contributed by atoms with Crippen molar-refractivity contribution in [3.8, 4) is 6.07 Å². The lowest BCUT2D eigenvalue weighted by Crippen LogP contribution is -2.51. The number of hydrogen-bond acceptors (Lipinski definition) is 4. The first-order valence-corrected chi connectivity index (χ1v) is 8.95. The number of ether oxygens (including phenoxy) is 1. The predicted molar refractivity (Wildman–Crippen MR) is 93.5 cm³/mol. The van der Waals surface area contributed by atoms with Crippen molar-refractivity contribution in [2.45, 2.75) is 13.0 Å². The van der Waals surface area contributed by atoms with Crippen LogP contribution >= 0.6 is 0 Å². The van der Waals surface area contributed by atoms with Crippen LogP contribution in [0.1, 0.15) is 17.5 Å². The molecule has 130 valence electrons. The van der Waals surface area contributed by atoms with E-state index in [2.05, 4.69) is 23.1 Å². The van der Waals surface area contributed by atoms with Crippen molar-refractivity contribution in [3.05, 3.63) is 47.5 Å². The molecule has 0 N–H and O–H groups in total. The maximum atomic E-state index is 13.3. The molecule has 1 amide bonds. The van der Waals surface area contributed by atoms with E-state index in [1.165, 1.54) is 0 Å². The quantitative estimate of drug-likeness (QED) is 0.789. The molecule has 4 rings (SSSR count). The summed E-state index contributed by atoms with van der Waals surface area (Å²) in [6.07, 6.45) is 4.93. The Balaban J connectivity index is 1.55. The van der Waals surface area contributed by atoms with Crippen LogP contribution < -0.4 is 0 Å². The normalized spacial score (nSPS) is 28.8. The maximum absolute atomic E-state index is 13.3. The van der Waals surface area contributed by atoms with Crippen LogP contribution in [0.25, 0.3) is 0 Å². The topological polar surface area (TPSA) is 56.6 Å². The number of carbonyl (C=O) groups excluding carboxylic acids is 1. The summed E-state index contributed by atoms with van der Waals surface area (Å²) >= 11 is 0. The van der Waals surface area contributed by atoms with Gasteiger partial charge in [0.25, 0.3) is 0 Å². The molecule has 3 heterocycles. The molecular weight excluding hydrogens is 314 g/mol. The van der Waals surface area contributed by atoms with Gasteiger partial charge in [-0.2, -0.15) is 5.26 Å². The number of rotatable bonds is 3. The van der Waals surface area contributed by atoms with E-state index >= 15 is 0 Å². The zero-order chi connectivity index (χ0) is 17.3. The molecule has 2 saturated heterocycles. The van der Waals surface area contributed by atoms with E-state index in [0.717, 1.165) is 43.7 Å². The van der Waals surface area contributed by atoms with Gasteiger partial charge < -0.3 is 9.64 Å². The van der Waals surface area contributed by atoms with E-state index in [9.17, 15) is 10.1 Å². The number of hydrogen-bond donors (Lipinski definition) is 0. The van der Waals surface area contributed by atoms with Crippen molar-refractivity contribution in [2.24, 2.45) is 11.3 Å². The zero-order valence-corrected chi connectivity index (χ0v) is 14.4. The van der Waals surface area contributed by atoms with Crippen LogP contribution in [0.3, 0.4) is 0 Å². The fourth-order valence-electron chi connectivity index (χ4n) is 4.49. The lowest BCUT2D eigenvalue weighted by Gasteiger charge is -2.39. The third-order valence-corrected chi connectivity index (χ3v) is 5.84. The highest BCUT2D eigenvalue weighted by Crippen LogP contribution is 2.44. The second kappa shape index (κ2) is 6.62. The molecular formula is C20H23N3O2. The fraction of sp³-hybridized carbons (Fsp3) is 0.500. The third-order valence-electron chi connectivity index (χ3n) is 5.84. The van der Waals surface area contributed by atoms with E-state index in [0.29, 0.717) is 19.8 Å². The molecule has 5 nitrogen and oxygen atoms in total. The van der Waals surface area contributed by atoms with Gasteiger partial charge in [0, 0.05) is 45.2 Å². The predicted octanol–water partition coefficient (Wildman–Crippen LogP) is 1.80. The minimum Gasteiger partial charge on any atom is -0.381 e. The molecule has 3 aliphatic heterocycles. The second-order valence-electron chi connectivity index (χ2n) is 7.30. The Morgan fingerprint density at radius 3 is 2.92 bits per heavy atom. The Morgan fingerprint density at radius 1 is 1.32 bits per heavy atom. The van der Waals surface area contributed by atoms with Crippen LogP contribution in [-0.4, -0.2) is 55.1 Å². The highest BCUT2D eigenvalue weighted by molar-refractivity contribution is 5.84. The molecule has 1 aromatic carbocycles. The number of carbonyl (C=O) groups is 1. The van der Waals surface area contributed by atoms with Gasteiger partial charge in [0.1, 0.15) is 0 Å². The van der Waals surface area contributed by atoms with Gasteiger partial charge in [-0.1, -0.05) is 30.4 Å². The molecule has 0 spiro atoms. The van der Waals surface area contributed by atoms with Crippen LogP contribution in [0, 0.1) is 22.7 Å². The molecule has 0 radical (unpaired) electrons. The van der Waals surface area contributed by atoms with Crippen molar-refractivity contribution in [1.29, 1.82) is 5.26 Å². The summed E-state index contributed by atoms with van der Waals surface area (Å²) in [5, 5.41) is 9.32. The first kappa shape index (κ1) is 16.3. The summed E-state index contributed by atoms with van der Waals surface area (Å²) in [7, 11) is 0. The van der Waals surface area contributed by atoms with Crippen molar-refractivity contribution in [1.82, 2.24) is 9.80 Å². The molecule has 2 fully saturated rings. The van der Waals surface area contributed by atoms with Crippen LogP contribution in [-0.2, 0) is 16.1 Å². The molecule has 0 aromatic heterocycles. The number of amides is 1. The number of fused-ring (bicyclic) bond motifs is 1. The van der Waals surface area contributed by atoms with Gasteiger partial charge >= 0.3 is 0 Å². The van der Waals surface area contributed by atoms with Crippen LogP contribution in [0.15, 0.2) is 36.4 Å². The molecule has 1 aromatic rings. The second-order valence-corrected chi connectivity index (χ2v) is 7.30. The van der Waals surface area contributed by atoms with Gasteiger partial charge in [0.2, 0.25) is 5.91 Å². The molecule has 0 aliphatic carbocycles. The van der Waals surface area contributed by atoms with Gasteiger partial charge in [-0.15, -0.1) is 0 Å². The monoisotopic (exact) mass is 337 g/mol. The third kappa shape index (κ3) is 2.86.